The predicted molar refractivity (Wildman–Crippen MR) is 88.7 cm³/mol. The Labute approximate surface area is 150 Å². The smallest absolute Gasteiger partial charge is 0.398 e. The highest BCUT2D eigenvalue weighted by atomic mass is 35.5. The Kier molecular flexibility index (Phi) is 5.01. The average molecular weight is 390 g/mol. The maximum Gasteiger partial charge on any atom is 0.398 e. The number of anilines is 1. The summed E-state index contributed by atoms with van der Waals surface area (Å²) in [5.41, 5.74) is 0.500. The van der Waals surface area contributed by atoms with Gasteiger partial charge in [-0.05, 0) is 24.3 Å². The second-order valence-electron chi connectivity index (χ2n) is 5.05. The van der Waals surface area contributed by atoms with Gasteiger partial charge < -0.3 is 14.8 Å². The van der Waals surface area contributed by atoms with E-state index in [1.165, 1.54) is 24.3 Å². The van der Waals surface area contributed by atoms with E-state index >= 15 is 0 Å². The van der Waals surface area contributed by atoms with Crippen LogP contribution in [-0.2, 0) is 0 Å². The van der Waals surface area contributed by atoms with Gasteiger partial charge in [0.1, 0.15) is 0 Å². The fourth-order valence-corrected chi connectivity index (χ4v) is 3.18. The molecule has 0 radical (unpaired) electrons. The van der Waals surface area contributed by atoms with Gasteiger partial charge in [-0.2, -0.15) is 13.2 Å². The quantitative estimate of drug-likeness (QED) is 0.749. The van der Waals surface area contributed by atoms with Crippen LogP contribution in [0.2, 0.25) is 5.02 Å². The van der Waals surface area contributed by atoms with Crippen LogP contribution in [0.1, 0.15) is 10.4 Å². The van der Waals surface area contributed by atoms with Gasteiger partial charge in [-0.3, -0.25) is 4.79 Å². The summed E-state index contributed by atoms with van der Waals surface area (Å²) in [4.78, 5) is 12.7. The van der Waals surface area contributed by atoms with E-state index in [1.54, 1.807) is 12.1 Å². The van der Waals surface area contributed by atoms with Crippen LogP contribution in [0.25, 0.3) is 0 Å². The number of fused-ring (bicyclic) bond motifs is 1. The van der Waals surface area contributed by atoms with E-state index in [2.05, 4.69) is 5.32 Å². The van der Waals surface area contributed by atoms with E-state index in [-0.39, 0.29) is 23.1 Å². The molecular formula is C16H11ClF3NO3S. The summed E-state index contributed by atoms with van der Waals surface area (Å²) in [6.07, 6.45) is -4.30. The maximum atomic E-state index is 12.4. The number of hydrogen-bond acceptors (Lipinski definition) is 4. The molecule has 0 aliphatic carbocycles. The van der Waals surface area contributed by atoms with Crippen molar-refractivity contribution in [3.8, 4) is 11.5 Å². The monoisotopic (exact) mass is 389 g/mol. The van der Waals surface area contributed by atoms with Crippen molar-refractivity contribution in [3.63, 3.8) is 0 Å². The van der Waals surface area contributed by atoms with Crippen molar-refractivity contribution in [3.05, 3.63) is 47.0 Å². The number of halogens is 4. The second-order valence-corrected chi connectivity index (χ2v) is 6.47. The van der Waals surface area contributed by atoms with Gasteiger partial charge in [-0.25, -0.2) is 0 Å². The Hall–Kier alpha value is -2.06. The first-order valence-corrected chi connectivity index (χ1v) is 8.39. The maximum absolute atomic E-state index is 12.4. The largest absolute Gasteiger partial charge is 0.454 e. The van der Waals surface area contributed by atoms with Crippen molar-refractivity contribution in [2.45, 2.75) is 11.1 Å². The van der Waals surface area contributed by atoms with Crippen LogP contribution in [0.3, 0.4) is 0 Å². The normalized spacial score (nSPS) is 13.0. The summed E-state index contributed by atoms with van der Waals surface area (Å²) < 4.78 is 47.6. The van der Waals surface area contributed by atoms with Gasteiger partial charge in [-0.1, -0.05) is 23.7 Å². The number of alkyl halides is 3. The lowest BCUT2D eigenvalue weighted by molar-refractivity contribution is -0.105. The van der Waals surface area contributed by atoms with E-state index in [0.717, 1.165) is 0 Å². The van der Waals surface area contributed by atoms with E-state index in [4.69, 9.17) is 21.1 Å². The molecule has 0 saturated heterocycles. The summed E-state index contributed by atoms with van der Waals surface area (Å²) in [5.74, 6) is -0.854. The summed E-state index contributed by atoms with van der Waals surface area (Å²) in [6.45, 7) is 0.0110. The minimum absolute atomic E-state index is 0.0110. The molecule has 9 heteroatoms. The third kappa shape index (κ3) is 4.32. The molecule has 4 nitrogen and oxygen atoms in total. The Morgan fingerprint density at radius 3 is 2.76 bits per heavy atom. The van der Waals surface area contributed by atoms with Gasteiger partial charge in [0, 0.05) is 10.5 Å². The fraction of sp³-hybridized carbons (Fsp3) is 0.188. The molecule has 1 aliphatic heterocycles. The van der Waals surface area contributed by atoms with Crippen LogP contribution in [-0.4, -0.2) is 24.6 Å². The molecule has 1 aliphatic rings. The predicted octanol–water partition coefficient (Wildman–Crippen LogP) is 4.98. The van der Waals surface area contributed by atoms with Crippen LogP contribution >= 0.6 is 23.4 Å². The topological polar surface area (TPSA) is 47.6 Å². The van der Waals surface area contributed by atoms with Crippen molar-refractivity contribution >= 4 is 35.0 Å². The molecule has 2 aromatic carbocycles. The molecule has 1 N–H and O–H groups in total. The summed E-state index contributed by atoms with van der Waals surface area (Å²) in [6, 6.07) is 9.15. The SMILES string of the molecule is O=C(Nc1ccccc1SCC(F)(F)F)c1cc(Cl)c2c(c1)OCO2. The zero-order valence-corrected chi connectivity index (χ0v) is 14.1. The fourth-order valence-electron chi connectivity index (χ4n) is 2.15. The molecular weight excluding hydrogens is 379 g/mol. The minimum Gasteiger partial charge on any atom is -0.454 e. The third-order valence-electron chi connectivity index (χ3n) is 3.22. The molecule has 0 fully saturated rings. The van der Waals surface area contributed by atoms with Crippen LogP contribution in [0.5, 0.6) is 11.5 Å². The van der Waals surface area contributed by atoms with Gasteiger partial charge in [0.25, 0.3) is 5.91 Å². The summed E-state index contributed by atoms with van der Waals surface area (Å²) >= 11 is 6.64. The zero-order chi connectivity index (χ0) is 18.0. The van der Waals surface area contributed by atoms with Gasteiger partial charge in [0.05, 0.1) is 16.5 Å². The van der Waals surface area contributed by atoms with Crippen molar-refractivity contribution in [1.82, 2.24) is 0 Å². The first-order valence-electron chi connectivity index (χ1n) is 7.02. The second kappa shape index (κ2) is 7.05. The highest BCUT2D eigenvalue weighted by Gasteiger charge is 2.28. The van der Waals surface area contributed by atoms with Crippen LogP contribution < -0.4 is 14.8 Å². The number of ether oxygens (including phenoxy) is 2. The number of amides is 1. The van der Waals surface area contributed by atoms with E-state index in [9.17, 15) is 18.0 Å². The van der Waals surface area contributed by atoms with Crippen molar-refractivity contribution < 1.29 is 27.4 Å². The Morgan fingerprint density at radius 1 is 1.24 bits per heavy atom. The number of thioether (sulfide) groups is 1. The number of nitrogens with one attached hydrogen (secondary N) is 1. The third-order valence-corrected chi connectivity index (χ3v) is 4.64. The lowest BCUT2D eigenvalue weighted by Crippen LogP contribution is -2.14. The molecule has 0 aromatic heterocycles. The van der Waals surface area contributed by atoms with Gasteiger partial charge in [0.2, 0.25) is 6.79 Å². The molecule has 3 rings (SSSR count). The van der Waals surface area contributed by atoms with Crippen LogP contribution in [0.15, 0.2) is 41.3 Å². The van der Waals surface area contributed by atoms with Gasteiger partial charge >= 0.3 is 6.18 Å². The lowest BCUT2D eigenvalue weighted by atomic mass is 10.2. The molecule has 2 aromatic rings. The Bertz CT molecular complexity index is 814. The molecule has 132 valence electrons. The molecule has 0 spiro atoms. The van der Waals surface area contributed by atoms with Crippen molar-refractivity contribution in [2.75, 3.05) is 17.9 Å². The standard InChI is InChI=1S/C16H11ClF3NO3S/c17-10-5-9(6-12-14(10)24-8-23-12)15(22)21-11-3-1-2-4-13(11)25-7-16(18,19)20/h1-6H,7-8H2,(H,21,22). The minimum atomic E-state index is -4.30. The number of carbonyl (C=O) groups is 1. The highest BCUT2D eigenvalue weighted by Crippen LogP contribution is 2.40. The molecule has 25 heavy (non-hydrogen) atoms. The first kappa shape index (κ1) is 17.8. The Morgan fingerprint density at radius 2 is 2.00 bits per heavy atom. The zero-order valence-electron chi connectivity index (χ0n) is 12.5. The van der Waals surface area contributed by atoms with E-state index in [0.29, 0.717) is 28.2 Å². The molecule has 1 amide bonds. The highest BCUT2D eigenvalue weighted by molar-refractivity contribution is 7.99. The first-order chi connectivity index (χ1) is 11.8. The molecule has 0 bridgehead atoms. The van der Waals surface area contributed by atoms with Crippen molar-refractivity contribution in [1.29, 1.82) is 0 Å². The van der Waals surface area contributed by atoms with Crippen molar-refractivity contribution in [2.24, 2.45) is 0 Å². The van der Waals surface area contributed by atoms with Gasteiger partial charge in [0.15, 0.2) is 11.5 Å². The average Bonchev–Trinajstić information content (AvgIpc) is 3.02. The molecule has 0 atom stereocenters. The van der Waals surface area contributed by atoms with E-state index in [1.807, 2.05) is 0 Å². The number of carbonyl (C=O) groups excluding carboxylic acids is 1. The van der Waals surface area contributed by atoms with Crippen LogP contribution in [0, 0.1) is 0 Å². The van der Waals surface area contributed by atoms with Crippen LogP contribution in [0.4, 0.5) is 18.9 Å². The molecule has 1 heterocycles. The summed E-state index contributed by atoms with van der Waals surface area (Å²) in [7, 11) is 0. The number of hydrogen-bond donors (Lipinski definition) is 1. The van der Waals surface area contributed by atoms with E-state index < -0.39 is 17.8 Å². The lowest BCUT2D eigenvalue weighted by Gasteiger charge is -2.12. The summed E-state index contributed by atoms with van der Waals surface area (Å²) in [5, 5.41) is 2.82. The Balaban J connectivity index is 1.79. The number of rotatable bonds is 4. The molecule has 0 saturated carbocycles. The number of benzene rings is 2. The molecule has 0 unspecified atom stereocenters. The van der Waals surface area contributed by atoms with Gasteiger partial charge in [-0.15, -0.1) is 11.8 Å². The number of para-hydroxylation sites is 1.